The van der Waals surface area contributed by atoms with Crippen molar-refractivity contribution in [3.05, 3.63) is 60.2 Å². The van der Waals surface area contributed by atoms with Crippen molar-refractivity contribution in [3.63, 3.8) is 0 Å². The van der Waals surface area contributed by atoms with Gasteiger partial charge in [0.15, 0.2) is 0 Å². The lowest BCUT2D eigenvalue weighted by molar-refractivity contribution is 0.102. The van der Waals surface area contributed by atoms with Crippen LogP contribution in [0.2, 0.25) is 0 Å². The van der Waals surface area contributed by atoms with Crippen molar-refractivity contribution in [2.75, 3.05) is 23.3 Å². The Morgan fingerprint density at radius 2 is 1.89 bits per heavy atom. The number of amides is 1. The molecule has 3 aromatic rings. The van der Waals surface area contributed by atoms with E-state index in [1.54, 1.807) is 10.9 Å². The van der Waals surface area contributed by atoms with Crippen LogP contribution in [0.1, 0.15) is 35.8 Å². The van der Waals surface area contributed by atoms with Gasteiger partial charge in [-0.15, -0.1) is 0 Å². The van der Waals surface area contributed by atoms with E-state index in [2.05, 4.69) is 32.2 Å². The molecule has 0 atom stereocenters. The lowest BCUT2D eigenvalue weighted by Crippen LogP contribution is -2.33. The van der Waals surface area contributed by atoms with Crippen LogP contribution < -0.4 is 10.2 Å². The fraction of sp³-hybridized carbons (Fsp3) is 0.333. The van der Waals surface area contributed by atoms with Gasteiger partial charge >= 0.3 is 0 Å². The molecular weight excluding hydrogens is 352 g/mol. The summed E-state index contributed by atoms with van der Waals surface area (Å²) in [6.07, 6.45) is 5.40. The summed E-state index contributed by atoms with van der Waals surface area (Å²) in [5, 5.41) is 7.24. The fourth-order valence-corrected chi connectivity index (χ4v) is 3.47. The Labute approximate surface area is 164 Å². The summed E-state index contributed by atoms with van der Waals surface area (Å²) in [6.45, 7) is 6.12. The molecular formula is C21H24N6O. The van der Waals surface area contributed by atoms with E-state index in [9.17, 15) is 4.79 Å². The number of rotatable bonds is 4. The minimum absolute atomic E-state index is 0.225. The maximum atomic E-state index is 12.8. The molecule has 7 nitrogen and oxygen atoms in total. The number of anilines is 2. The minimum atomic E-state index is -0.225. The maximum absolute atomic E-state index is 12.8. The van der Waals surface area contributed by atoms with E-state index < -0.39 is 0 Å². The molecule has 1 amide bonds. The Hall–Kier alpha value is -3.22. The monoisotopic (exact) mass is 376 g/mol. The largest absolute Gasteiger partial charge is 0.356 e. The molecule has 28 heavy (non-hydrogen) atoms. The van der Waals surface area contributed by atoms with Gasteiger partial charge in [-0.25, -0.2) is 14.6 Å². The number of carbonyl (C=O) groups is 1. The Balaban J connectivity index is 1.50. The summed E-state index contributed by atoms with van der Waals surface area (Å²) in [5.41, 5.74) is 2.22. The van der Waals surface area contributed by atoms with Crippen LogP contribution in [-0.4, -0.2) is 38.7 Å². The van der Waals surface area contributed by atoms with Gasteiger partial charge in [0.05, 0.1) is 23.1 Å². The Bertz CT molecular complexity index is 960. The van der Waals surface area contributed by atoms with Gasteiger partial charge in [-0.1, -0.05) is 25.1 Å². The number of hydrogen-bond acceptors (Lipinski definition) is 5. The molecule has 1 saturated heterocycles. The molecule has 1 aliphatic rings. The predicted octanol–water partition coefficient (Wildman–Crippen LogP) is 3.46. The van der Waals surface area contributed by atoms with Gasteiger partial charge in [-0.3, -0.25) is 4.79 Å². The molecule has 1 N–H and O–H groups in total. The van der Waals surface area contributed by atoms with Crippen molar-refractivity contribution in [3.8, 4) is 5.69 Å². The number of hydrogen-bond donors (Lipinski definition) is 1. The third kappa shape index (κ3) is 3.74. The SMILES string of the molecule is Cc1c(C(=O)Nc2cc(N3CCC(C)CC3)ncn2)cnn1-c1ccccc1. The van der Waals surface area contributed by atoms with Crippen LogP contribution >= 0.6 is 0 Å². The standard InChI is InChI=1S/C21H24N6O/c1-15-8-10-26(11-9-15)20-12-19(22-14-23-20)25-21(28)18-13-24-27(16(18)2)17-6-4-3-5-7-17/h3-7,12-15H,8-11H2,1-2H3,(H,22,23,25,28). The van der Waals surface area contributed by atoms with Crippen LogP contribution in [0.25, 0.3) is 5.69 Å². The number of carbonyl (C=O) groups excluding carboxylic acids is 1. The highest BCUT2D eigenvalue weighted by Gasteiger charge is 2.19. The Morgan fingerprint density at radius 3 is 2.64 bits per heavy atom. The molecule has 1 fully saturated rings. The zero-order chi connectivity index (χ0) is 19.5. The van der Waals surface area contributed by atoms with Crippen LogP contribution in [0.15, 0.2) is 48.9 Å². The molecule has 4 rings (SSSR count). The zero-order valence-electron chi connectivity index (χ0n) is 16.2. The highest BCUT2D eigenvalue weighted by Crippen LogP contribution is 2.23. The first kappa shape index (κ1) is 18.2. The average molecular weight is 376 g/mol. The fourth-order valence-electron chi connectivity index (χ4n) is 3.47. The highest BCUT2D eigenvalue weighted by molar-refractivity contribution is 6.04. The zero-order valence-corrected chi connectivity index (χ0v) is 16.2. The second-order valence-electron chi connectivity index (χ2n) is 7.28. The predicted molar refractivity (Wildman–Crippen MR) is 109 cm³/mol. The van der Waals surface area contributed by atoms with Crippen LogP contribution in [0, 0.1) is 12.8 Å². The molecule has 0 radical (unpaired) electrons. The lowest BCUT2D eigenvalue weighted by Gasteiger charge is -2.31. The summed E-state index contributed by atoms with van der Waals surface area (Å²) in [5.74, 6) is 1.88. The van der Waals surface area contributed by atoms with E-state index in [4.69, 9.17) is 0 Å². The van der Waals surface area contributed by atoms with E-state index in [1.807, 2.05) is 43.3 Å². The van der Waals surface area contributed by atoms with Crippen LogP contribution in [-0.2, 0) is 0 Å². The number of nitrogens with zero attached hydrogens (tertiary/aromatic N) is 5. The molecule has 0 saturated carbocycles. The number of para-hydroxylation sites is 1. The van der Waals surface area contributed by atoms with Crippen molar-refractivity contribution < 1.29 is 4.79 Å². The maximum Gasteiger partial charge on any atom is 0.260 e. The van der Waals surface area contributed by atoms with Crippen molar-refractivity contribution in [2.24, 2.45) is 5.92 Å². The third-order valence-electron chi connectivity index (χ3n) is 5.26. The van der Waals surface area contributed by atoms with Gasteiger partial charge in [0, 0.05) is 19.2 Å². The number of piperidine rings is 1. The Morgan fingerprint density at radius 1 is 1.14 bits per heavy atom. The van der Waals surface area contributed by atoms with Crippen molar-refractivity contribution >= 4 is 17.5 Å². The number of aromatic nitrogens is 4. The molecule has 2 aromatic heterocycles. The molecule has 1 aromatic carbocycles. The van der Waals surface area contributed by atoms with Gasteiger partial charge < -0.3 is 10.2 Å². The summed E-state index contributed by atoms with van der Waals surface area (Å²) in [6, 6.07) is 11.6. The first-order chi connectivity index (χ1) is 13.6. The molecule has 0 spiro atoms. The Kier molecular flexibility index (Phi) is 5.06. The van der Waals surface area contributed by atoms with Crippen LogP contribution in [0.3, 0.4) is 0 Å². The molecule has 1 aliphatic heterocycles. The van der Waals surface area contributed by atoms with Crippen molar-refractivity contribution in [2.45, 2.75) is 26.7 Å². The molecule has 144 valence electrons. The average Bonchev–Trinajstić information content (AvgIpc) is 3.11. The molecule has 3 heterocycles. The van der Waals surface area contributed by atoms with Gasteiger partial charge in [0.1, 0.15) is 18.0 Å². The van der Waals surface area contributed by atoms with Crippen LogP contribution in [0.4, 0.5) is 11.6 Å². The number of nitrogens with one attached hydrogen (secondary N) is 1. The van der Waals surface area contributed by atoms with Gasteiger partial charge in [-0.2, -0.15) is 5.10 Å². The van der Waals surface area contributed by atoms with Gasteiger partial charge in [0.25, 0.3) is 5.91 Å². The molecule has 0 aliphatic carbocycles. The van der Waals surface area contributed by atoms with Crippen molar-refractivity contribution in [1.82, 2.24) is 19.7 Å². The van der Waals surface area contributed by atoms with Crippen LogP contribution in [0.5, 0.6) is 0 Å². The van der Waals surface area contributed by atoms with Gasteiger partial charge in [-0.05, 0) is 37.8 Å². The van der Waals surface area contributed by atoms with E-state index in [1.165, 1.54) is 6.33 Å². The second kappa shape index (κ2) is 7.80. The van der Waals surface area contributed by atoms with E-state index in [0.29, 0.717) is 11.4 Å². The van der Waals surface area contributed by atoms with Gasteiger partial charge in [0.2, 0.25) is 0 Å². The first-order valence-corrected chi connectivity index (χ1v) is 9.60. The quantitative estimate of drug-likeness (QED) is 0.755. The summed E-state index contributed by atoms with van der Waals surface area (Å²) < 4.78 is 1.76. The smallest absolute Gasteiger partial charge is 0.260 e. The second-order valence-corrected chi connectivity index (χ2v) is 7.28. The van der Waals surface area contributed by atoms with E-state index >= 15 is 0 Å². The van der Waals surface area contributed by atoms with Crippen molar-refractivity contribution in [1.29, 1.82) is 0 Å². The summed E-state index contributed by atoms with van der Waals surface area (Å²) in [7, 11) is 0. The summed E-state index contributed by atoms with van der Waals surface area (Å²) in [4.78, 5) is 23.6. The highest BCUT2D eigenvalue weighted by atomic mass is 16.1. The molecule has 0 unspecified atom stereocenters. The minimum Gasteiger partial charge on any atom is -0.356 e. The topological polar surface area (TPSA) is 75.9 Å². The third-order valence-corrected chi connectivity index (χ3v) is 5.26. The van der Waals surface area contributed by atoms with E-state index in [-0.39, 0.29) is 5.91 Å². The summed E-state index contributed by atoms with van der Waals surface area (Å²) >= 11 is 0. The molecule has 0 bridgehead atoms. The normalized spacial score (nSPS) is 14.9. The molecule has 7 heteroatoms. The first-order valence-electron chi connectivity index (χ1n) is 9.60. The van der Waals surface area contributed by atoms with E-state index in [0.717, 1.165) is 49.0 Å². The lowest BCUT2D eigenvalue weighted by atomic mass is 9.99. The number of benzene rings is 1.